The molecule has 4 aliphatic rings. The van der Waals surface area contributed by atoms with Crippen LogP contribution in [0.25, 0.3) is 11.3 Å². The fraction of sp³-hybridized carbons (Fsp3) is 0.536. The van der Waals surface area contributed by atoms with Crippen LogP contribution >= 0.6 is 0 Å². The number of rotatable bonds is 8. The summed E-state index contributed by atoms with van der Waals surface area (Å²) in [6.07, 6.45) is 10.4. The lowest BCUT2D eigenvalue weighted by atomic mass is 9.67. The summed E-state index contributed by atoms with van der Waals surface area (Å²) in [5.41, 5.74) is 3.09. The van der Waals surface area contributed by atoms with Gasteiger partial charge in [-0.3, -0.25) is 14.5 Å². The summed E-state index contributed by atoms with van der Waals surface area (Å²) in [6, 6.07) is 8.02. The number of ether oxygens (including phenoxy) is 2. The van der Waals surface area contributed by atoms with Crippen LogP contribution < -0.4 is 15.2 Å². The van der Waals surface area contributed by atoms with Crippen molar-refractivity contribution >= 4 is 5.97 Å². The highest BCUT2D eigenvalue weighted by atomic mass is 16.5. The number of carbonyl (C=O) groups is 1. The lowest BCUT2D eigenvalue weighted by Gasteiger charge is -2.42. The van der Waals surface area contributed by atoms with Crippen LogP contribution in [0.2, 0.25) is 0 Å². The minimum Gasteiger partial charge on any atom is -0.493 e. The first-order valence-corrected chi connectivity index (χ1v) is 12.9. The van der Waals surface area contributed by atoms with Gasteiger partial charge in [0.2, 0.25) is 0 Å². The molecule has 2 aliphatic heterocycles. The average molecular weight is 490 g/mol. The van der Waals surface area contributed by atoms with Crippen LogP contribution in [-0.2, 0) is 11.3 Å². The van der Waals surface area contributed by atoms with Crippen LogP contribution in [-0.4, -0.2) is 35.0 Å². The zero-order chi connectivity index (χ0) is 25.1. The van der Waals surface area contributed by atoms with E-state index < -0.39 is 11.4 Å². The predicted octanol–water partition coefficient (Wildman–Crippen LogP) is 4.53. The molecule has 6 rings (SSSR count). The van der Waals surface area contributed by atoms with Gasteiger partial charge >= 0.3 is 5.97 Å². The summed E-state index contributed by atoms with van der Waals surface area (Å²) in [5.74, 6) is -0.402. The van der Waals surface area contributed by atoms with Gasteiger partial charge in [0.15, 0.2) is 5.43 Å². The minimum atomic E-state index is -1.20. The molecule has 1 aromatic carbocycles. The molecule has 2 aromatic rings. The molecule has 0 radical (unpaired) electrons. The number of hydrogen-bond donors (Lipinski definition) is 1. The fourth-order valence-corrected chi connectivity index (χ4v) is 6.56. The van der Waals surface area contributed by atoms with Crippen molar-refractivity contribution in [2.24, 2.45) is 5.41 Å². The second-order valence-corrected chi connectivity index (χ2v) is 11.0. The number of hydrogen-bond acceptors (Lipinski definition) is 6. The molecule has 1 spiro atoms. The number of methoxy groups -OCH3 is 1. The lowest BCUT2D eigenvalue weighted by molar-refractivity contribution is 0.0485. The van der Waals surface area contributed by atoms with E-state index in [9.17, 15) is 14.7 Å². The number of nitrogens with zero attached hydrogens (tertiary/aromatic N) is 3. The molecule has 188 valence electrons. The Kier molecular flexibility index (Phi) is 5.38. The molecule has 3 fully saturated rings. The number of nitriles is 1. The molecule has 1 N–H and O–H groups in total. The van der Waals surface area contributed by atoms with E-state index in [0.717, 1.165) is 73.1 Å². The number of fused-ring (bicyclic) bond motifs is 7. The third kappa shape index (κ3) is 3.52. The van der Waals surface area contributed by atoms with Gasteiger partial charge in [0.05, 0.1) is 36.6 Å². The molecule has 2 saturated carbocycles. The van der Waals surface area contributed by atoms with Gasteiger partial charge in [-0.1, -0.05) is 6.42 Å². The number of carboxylic acids is 1. The SMILES string of the molecule is COCc1cc2c(cc1OCC1(CCC#N)CCC1)[C@H]1CCC3(CC3)N1n1cc(C(=O)O)c(=O)cc1-2. The molecule has 1 atom stereocenters. The van der Waals surface area contributed by atoms with Crippen LogP contribution in [0.4, 0.5) is 0 Å². The van der Waals surface area contributed by atoms with E-state index in [1.165, 1.54) is 18.7 Å². The Bertz CT molecular complexity index is 1330. The van der Waals surface area contributed by atoms with E-state index in [0.29, 0.717) is 19.6 Å². The first kappa shape index (κ1) is 23.1. The predicted molar refractivity (Wildman–Crippen MR) is 133 cm³/mol. The number of pyridine rings is 1. The zero-order valence-electron chi connectivity index (χ0n) is 20.6. The Morgan fingerprint density at radius 2 is 2.03 bits per heavy atom. The van der Waals surface area contributed by atoms with Crippen LogP contribution in [0.1, 0.15) is 85.3 Å². The number of aromatic carboxylic acids is 1. The molecule has 8 heteroatoms. The second kappa shape index (κ2) is 8.38. The van der Waals surface area contributed by atoms with Gasteiger partial charge in [-0.25, -0.2) is 4.79 Å². The highest BCUT2D eigenvalue weighted by Crippen LogP contribution is 2.58. The lowest BCUT2D eigenvalue weighted by Crippen LogP contribution is -2.46. The van der Waals surface area contributed by atoms with Gasteiger partial charge in [-0.15, -0.1) is 0 Å². The molecule has 2 aliphatic carbocycles. The van der Waals surface area contributed by atoms with Crippen LogP contribution in [0, 0.1) is 16.7 Å². The maximum Gasteiger partial charge on any atom is 0.341 e. The molecule has 0 amide bonds. The van der Waals surface area contributed by atoms with Crippen molar-refractivity contribution < 1.29 is 19.4 Å². The summed E-state index contributed by atoms with van der Waals surface area (Å²) in [5, 5.41) is 21.0. The van der Waals surface area contributed by atoms with Crippen molar-refractivity contribution in [3.63, 3.8) is 0 Å². The Hall–Kier alpha value is -3.31. The largest absolute Gasteiger partial charge is 0.493 e. The van der Waals surface area contributed by atoms with Crippen molar-refractivity contribution in [3.8, 4) is 23.1 Å². The summed E-state index contributed by atoms with van der Waals surface area (Å²) in [7, 11) is 1.65. The van der Waals surface area contributed by atoms with Crippen LogP contribution in [0.3, 0.4) is 0 Å². The van der Waals surface area contributed by atoms with E-state index in [2.05, 4.69) is 23.2 Å². The highest BCUT2D eigenvalue weighted by Gasteiger charge is 2.57. The number of benzene rings is 1. The normalized spacial score (nSPS) is 21.7. The number of carboxylic acid groups (broad SMARTS) is 1. The first-order chi connectivity index (χ1) is 17.4. The molecule has 8 nitrogen and oxygen atoms in total. The Balaban J connectivity index is 1.44. The standard InChI is InChI=1S/C28H31N3O5/c1-35-16-18-12-19-20(13-25(18)36-17-27(5-2-6-27)7-3-11-29)22-4-8-28(9-10-28)31(22)30-15-21(26(33)34)24(32)14-23(19)30/h12-15,22H,2-10,16-17H2,1H3,(H,33,34)/t22-/m1/s1. The highest BCUT2D eigenvalue weighted by molar-refractivity contribution is 5.88. The van der Waals surface area contributed by atoms with Crippen molar-refractivity contribution in [2.45, 2.75) is 76.0 Å². The molecule has 0 bridgehead atoms. The fourth-order valence-electron chi connectivity index (χ4n) is 6.56. The third-order valence-corrected chi connectivity index (χ3v) is 8.87. The van der Waals surface area contributed by atoms with Gasteiger partial charge < -0.3 is 14.6 Å². The second-order valence-electron chi connectivity index (χ2n) is 11.0. The van der Waals surface area contributed by atoms with Gasteiger partial charge in [0.1, 0.15) is 11.3 Å². The summed E-state index contributed by atoms with van der Waals surface area (Å²) in [4.78, 5) is 24.5. The quantitative estimate of drug-likeness (QED) is 0.581. The molecule has 3 heterocycles. The maximum atomic E-state index is 12.7. The smallest absolute Gasteiger partial charge is 0.341 e. The van der Waals surface area contributed by atoms with Gasteiger partial charge in [0.25, 0.3) is 0 Å². The van der Waals surface area contributed by atoms with Gasteiger partial charge in [-0.2, -0.15) is 5.26 Å². The number of aromatic nitrogens is 1. The van der Waals surface area contributed by atoms with E-state index in [1.54, 1.807) is 7.11 Å². The van der Waals surface area contributed by atoms with E-state index in [-0.39, 0.29) is 22.6 Å². The Labute approximate surface area is 210 Å². The van der Waals surface area contributed by atoms with E-state index >= 15 is 0 Å². The molecular formula is C28H31N3O5. The van der Waals surface area contributed by atoms with Crippen molar-refractivity contribution in [3.05, 3.63) is 51.3 Å². The summed E-state index contributed by atoms with van der Waals surface area (Å²) in [6.45, 7) is 0.948. The Morgan fingerprint density at radius 3 is 2.67 bits per heavy atom. The molecule has 0 unspecified atom stereocenters. The van der Waals surface area contributed by atoms with Crippen molar-refractivity contribution in [1.82, 2.24) is 4.68 Å². The summed E-state index contributed by atoms with van der Waals surface area (Å²) >= 11 is 0. The molecule has 36 heavy (non-hydrogen) atoms. The zero-order valence-corrected chi connectivity index (χ0v) is 20.6. The van der Waals surface area contributed by atoms with E-state index in [1.807, 2.05) is 4.68 Å². The first-order valence-electron chi connectivity index (χ1n) is 12.9. The maximum absolute atomic E-state index is 12.7. The van der Waals surface area contributed by atoms with E-state index in [4.69, 9.17) is 14.7 Å². The molecule has 1 aromatic heterocycles. The monoisotopic (exact) mass is 489 g/mol. The Morgan fingerprint density at radius 1 is 1.22 bits per heavy atom. The molecular weight excluding hydrogens is 458 g/mol. The summed E-state index contributed by atoms with van der Waals surface area (Å²) < 4.78 is 13.9. The van der Waals surface area contributed by atoms with Gasteiger partial charge in [-0.05, 0) is 62.6 Å². The molecule has 1 saturated heterocycles. The van der Waals surface area contributed by atoms with Gasteiger partial charge in [0, 0.05) is 42.3 Å². The van der Waals surface area contributed by atoms with Crippen molar-refractivity contribution in [2.75, 3.05) is 18.7 Å². The van der Waals surface area contributed by atoms with Crippen molar-refractivity contribution in [1.29, 1.82) is 5.26 Å². The van der Waals surface area contributed by atoms with Crippen LogP contribution in [0.15, 0.2) is 29.2 Å². The van der Waals surface area contributed by atoms with Crippen LogP contribution in [0.5, 0.6) is 5.75 Å². The average Bonchev–Trinajstić information content (AvgIpc) is 3.52. The topological polar surface area (TPSA) is 105 Å². The minimum absolute atomic E-state index is 0.0292. The third-order valence-electron chi connectivity index (χ3n) is 8.87.